The second-order valence-corrected chi connectivity index (χ2v) is 11.8. The Balaban J connectivity index is 1.16. The summed E-state index contributed by atoms with van der Waals surface area (Å²) in [6.45, 7) is 10.3. The summed E-state index contributed by atoms with van der Waals surface area (Å²) in [4.78, 5) is 39.9. The second kappa shape index (κ2) is 12.3. The van der Waals surface area contributed by atoms with Gasteiger partial charge in [0, 0.05) is 44.3 Å². The molecule has 1 atom stereocenters. The number of imide groups is 1. The fourth-order valence-electron chi connectivity index (χ4n) is 5.49. The highest BCUT2D eigenvalue weighted by molar-refractivity contribution is 6.01. The molecule has 1 aromatic rings. The van der Waals surface area contributed by atoms with Crippen LogP contribution < -0.4 is 20.9 Å². The molecule has 38 heavy (non-hydrogen) atoms. The van der Waals surface area contributed by atoms with E-state index in [1.807, 2.05) is 20.8 Å². The molecule has 1 aromatic carbocycles. The molecular formula is C28H42FN5O4. The van der Waals surface area contributed by atoms with Gasteiger partial charge < -0.3 is 25.2 Å². The third kappa shape index (κ3) is 8.06. The first-order valence-corrected chi connectivity index (χ1v) is 13.9. The quantitative estimate of drug-likeness (QED) is 0.462. The number of carbonyl (C=O) groups excluding carboxylic acids is 3. The third-order valence-corrected chi connectivity index (χ3v) is 7.64. The average Bonchev–Trinajstić information content (AvgIpc) is 2.85. The number of anilines is 2. The zero-order valence-electron chi connectivity index (χ0n) is 22.9. The van der Waals surface area contributed by atoms with Crippen molar-refractivity contribution in [2.24, 2.45) is 5.92 Å². The normalized spacial score (nSPS) is 22.2. The van der Waals surface area contributed by atoms with Crippen molar-refractivity contribution in [3.8, 4) is 0 Å². The van der Waals surface area contributed by atoms with Crippen LogP contribution in [-0.2, 0) is 14.3 Å². The van der Waals surface area contributed by atoms with Gasteiger partial charge in [0.1, 0.15) is 17.5 Å². The third-order valence-electron chi connectivity index (χ3n) is 7.64. The van der Waals surface area contributed by atoms with E-state index < -0.39 is 11.6 Å². The number of hydrogen-bond acceptors (Lipinski definition) is 7. The summed E-state index contributed by atoms with van der Waals surface area (Å²) in [6.07, 6.45) is 5.43. The van der Waals surface area contributed by atoms with Crippen LogP contribution in [0, 0.1) is 11.7 Å². The predicted octanol–water partition coefficient (Wildman–Crippen LogP) is 3.64. The van der Waals surface area contributed by atoms with Gasteiger partial charge >= 0.3 is 6.09 Å². The number of likely N-dealkylation sites (tertiary alicyclic amines) is 1. The van der Waals surface area contributed by atoms with Crippen molar-refractivity contribution in [1.29, 1.82) is 0 Å². The number of nitrogens with zero attached hydrogens (tertiary/aromatic N) is 2. The molecule has 0 spiro atoms. The van der Waals surface area contributed by atoms with Crippen molar-refractivity contribution in [3.63, 3.8) is 0 Å². The minimum Gasteiger partial charge on any atom is -0.444 e. The van der Waals surface area contributed by atoms with Gasteiger partial charge in [0.2, 0.25) is 11.8 Å². The number of halogens is 1. The zero-order chi connectivity index (χ0) is 27.3. The molecule has 3 aliphatic heterocycles. The van der Waals surface area contributed by atoms with E-state index in [0.29, 0.717) is 23.7 Å². The first kappa shape index (κ1) is 28.1. The molecule has 3 aliphatic rings. The summed E-state index contributed by atoms with van der Waals surface area (Å²) in [5.41, 5.74) is 0.655. The zero-order valence-corrected chi connectivity index (χ0v) is 22.9. The molecule has 0 bridgehead atoms. The highest BCUT2D eigenvalue weighted by Crippen LogP contribution is 2.29. The fourth-order valence-corrected chi connectivity index (χ4v) is 5.49. The summed E-state index contributed by atoms with van der Waals surface area (Å²) in [5, 5.41) is 8.35. The maximum absolute atomic E-state index is 15.0. The monoisotopic (exact) mass is 531 g/mol. The van der Waals surface area contributed by atoms with Gasteiger partial charge in [-0.15, -0.1) is 0 Å². The maximum Gasteiger partial charge on any atom is 0.407 e. The molecule has 1 unspecified atom stereocenters. The minimum atomic E-state index is -0.527. The van der Waals surface area contributed by atoms with E-state index in [1.54, 1.807) is 12.1 Å². The molecule has 3 N–H and O–H groups in total. The lowest BCUT2D eigenvalue weighted by molar-refractivity contribution is -0.133. The van der Waals surface area contributed by atoms with Crippen molar-refractivity contribution in [2.45, 2.75) is 83.4 Å². The number of hydrogen-bond donors (Lipinski definition) is 3. The lowest BCUT2D eigenvalue weighted by atomic mass is 9.92. The highest BCUT2D eigenvalue weighted by atomic mass is 19.1. The van der Waals surface area contributed by atoms with E-state index in [-0.39, 0.29) is 36.2 Å². The molecule has 4 rings (SSSR count). The number of ether oxygens (including phenoxy) is 1. The molecule has 9 nitrogen and oxygen atoms in total. The van der Waals surface area contributed by atoms with Crippen molar-refractivity contribution in [2.75, 3.05) is 42.9 Å². The van der Waals surface area contributed by atoms with E-state index in [9.17, 15) is 18.8 Å². The number of alkyl carbamates (subject to hydrolysis) is 1. The number of carbonyl (C=O) groups is 3. The van der Waals surface area contributed by atoms with Crippen molar-refractivity contribution >= 4 is 29.3 Å². The summed E-state index contributed by atoms with van der Waals surface area (Å²) in [5.74, 6) is -0.311. The SMILES string of the molecule is CC(C)(C)OC(=O)NC1CCN(CCC2CCN(c3ccc(NC4CCC(=O)NC4=O)cc3F)CC2)CC1. The van der Waals surface area contributed by atoms with E-state index in [0.717, 1.165) is 64.8 Å². The minimum absolute atomic E-state index is 0.171. The van der Waals surface area contributed by atoms with Gasteiger partial charge in [-0.25, -0.2) is 9.18 Å². The summed E-state index contributed by atoms with van der Waals surface area (Å²) in [7, 11) is 0. The van der Waals surface area contributed by atoms with Gasteiger partial charge in [-0.3, -0.25) is 14.9 Å². The molecule has 0 aromatic heterocycles. The molecule has 3 saturated heterocycles. The van der Waals surface area contributed by atoms with E-state index in [1.165, 1.54) is 6.07 Å². The van der Waals surface area contributed by atoms with Gasteiger partial charge in [-0.05, 0) is 90.0 Å². The standard InChI is InChI=1S/C28H42FN5O4/c1-28(2,3)38-27(37)31-20-11-14-33(15-12-20)13-8-19-9-16-34(17-10-19)24-6-4-21(18-22(24)29)30-23-5-7-25(35)32-26(23)36/h4,6,18-20,23,30H,5,7-17H2,1-3H3,(H,31,37)(H,32,35,36). The van der Waals surface area contributed by atoms with Crippen molar-refractivity contribution < 1.29 is 23.5 Å². The smallest absolute Gasteiger partial charge is 0.407 e. The molecule has 0 radical (unpaired) electrons. The van der Waals surface area contributed by atoms with Crippen LogP contribution in [0.15, 0.2) is 18.2 Å². The average molecular weight is 532 g/mol. The topological polar surface area (TPSA) is 103 Å². The fraction of sp³-hybridized carbons (Fsp3) is 0.679. The molecule has 3 amide bonds. The molecule has 0 aliphatic carbocycles. The van der Waals surface area contributed by atoms with Crippen molar-refractivity contribution in [3.05, 3.63) is 24.0 Å². The largest absolute Gasteiger partial charge is 0.444 e. The van der Waals surface area contributed by atoms with Crippen LogP contribution >= 0.6 is 0 Å². The Morgan fingerprint density at radius 3 is 2.42 bits per heavy atom. The predicted molar refractivity (Wildman–Crippen MR) is 145 cm³/mol. The molecular weight excluding hydrogens is 489 g/mol. The van der Waals surface area contributed by atoms with Crippen LogP contribution in [0.4, 0.5) is 20.6 Å². The lowest BCUT2D eigenvalue weighted by Gasteiger charge is -2.36. The van der Waals surface area contributed by atoms with Crippen LogP contribution in [-0.4, -0.2) is 73.2 Å². The summed E-state index contributed by atoms with van der Waals surface area (Å²) >= 11 is 0. The summed E-state index contributed by atoms with van der Waals surface area (Å²) < 4.78 is 20.3. The van der Waals surface area contributed by atoms with Crippen molar-refractivity contribution in [1.82, 2.24) is 15.5 Å². The van der Waals surface area contributed by atoms with Gasteiger partial charge in [0.25, 0.3) is 0 Å². The Labute approximate surface area is 224 Å². The first-order valence-electron chi connectivity index (χ1n) is 13.9. The Hall–Kier alpha value is -2.88. The number of rotatable bonds is 7. The number of nitrogens with one attached hydrogen (secondary N) is 3. The Morgan fingerprint density at radius 1 is 1.08 bits per heavy atom. The van der Waals surface area contributed by atoms with E-state index >= 15 is 0 Å². The number of benzene rings is 1. The highest BCUT2D eigenvalue weighted by Gasteiger charge is 2.28. The van der Waals surface area contributed by atoms with Gasteiger partial charge in [0.15, 0.2) is 0 Å². The van der Waals surface area contributed by atoms with Crippen LogP contribution in [0.1, 0.15) is 65.7 Å². The van der Waals surface area contributed by atoms with E-state index in [2.05, 4.69) is 25.8 Å². The second-order valence-electron chi connectivity index (χ2n) is 11.8. The summed E-state index contributed by atoms with van der Waals surface area (Å²) in [6, 6.07) is 4.66. The maximum atomic E-state index is 15.0. The molecule has 3 fully saturated rings. The van der Waals surface area contributed by atoms with Gasteiger partial charge in [-0.1, -0.05) is 0 Å². The number of amides is 3. The van der Waals surface area contributed by atoms with E-state index in [4.69, 9.17) is 4.74 Å². The van der Waals surface area contributed by atoms with Crippen LogP contribution in [0.5, 0.6) is 0 Å². The molecule has 10 heteroatoms. The van der Waals surface area contributed by atoms with Gasteiger partial charge in [0.05, 0.1) is 5.69 Å². The Bertz CT molecular complexity index is 997. The Morgan fingerprint density at radius 2 is 1.79 bits per heavy atom. The Kier molecular flexibility index (Phi) is 9.12. The molecule has 3 heterocycles. The van der Waals surface area contributed by atoms with Crippen LogP contribution in [0.3, 0.4) is 0 Å². The molecule has 0 saturated carbocycles. The molecule has 210 valence electrons. The number of piperidine rings is 3. The first-order chi connectivity index (χ1) is 18.1. The van der Waals surface area contributed by atoms with Crippen LogP contribution in [0.2, 0.25) is 0 Å². The van der Waals surface area contributed by atoms with Gasteiger partial charge in [-0.2, -0.15) is 0 Å². The van der Waals surface area contributed by atoms with Crippen LogP contribution in [0.25, 0.3) is 0 Å². The lowest BCUT2D eigenvalue weighted by Crippen LogP contribution is -2.47.